The topological polar surface area (TPSA) is 65.5 Å². The second-order valence-electron chi connectivity index (χ2n) is 10.6. The van der Waals surface area contributed by atoms with Gasteiger partial charge in [0.2, 0.25) is 0 Å². The predicted octanol–water partition coefficient (Wildman–Crippen LogP) is 7.31. The Kier molecular flexibility index (Phi) is 7.96. The molecule has 2 heterocycles. The number of phenols is 1. The zero-order chi connectivity index (χ0) is 25.9. The number of aromatic hydroxyl groups is 1. The quantitative estimate of drug-likeness (QED) is 0.303. The number of phenolic OH excluding ortho intramolecular Hbond substituents is 1. The van der Waals surface area contributed by atoms with Crippen LogP contribution >= 0.6 is 11.6 Å². The Morgan fingerprint density at radius 3 is 2.54 bits per heavy atom. The Bertz CT molecular complexity index is 1260. The summed E-state index contributed by atoms with van der Waals surface area (Å²) in [4.78, 5) is 20.0. The maximum atomic E-state index is 14.2. The number of hydrogen-bond donors (Lipinski definition) is 2. The van der Waals surface area contributed by atoms with Crippen LogP contribution in [-0.2, 0) is 0 Å². The van der Waals surface area contributed by atoms with E-state index >= 15 is 0 Å². The molecule has 37 heavy (non-hydrogen) atoms. The first-order chi connectivity index (χ1) is 17.9. The van der Waals surface area contributed by atoms with Gasteiger partial charge in [0.1, 0.15) is 0 Å². The van der Waals surface area contributed by atoms with Crippen LogP contribution < -0.4 is 5.32 Å². The van der Waals surface area contributed by atoms with E-state index < -0.39 is 11.6 Å². The fourth-order valence-corrected chi connectivity index (χ4v) is 6.10. The number of carbonyl (C=O) groups excluding carboxylic acids is 1. The largest absolute Gasteiger partial charge is 0.504 e. The van der Waals surface area contributed by atoms with Gasteiger partial charge in [0.25, 0.3) is 0 Å². The molecule has 0 atom stereocenters. The maximum Gasteiger partial charge on any atom is 0.170 e. The Morgan fingerprint density at radius 2 is 1.84 bits per heavy atom. The molecule has 0 amide bonds. The molecule has 1 aromatic heterocycles. The van der Waals surface area contributed by atoms with Crippen LogP contribution in [-0.4, -0.2) is 47.0 Å². The molecule has 3 aromatic rings. The molecule has 2 aliphatic rings. The summed E-state index contributed by atoms with van der Waals surface area (Å²) in [6.45, 7) is 6.43. The van der Waals surface area contributed by atoms with E-state index in [2.05, 4.69) is 15.2 Å². The van der Waals surface area contributed by atoms with E-state index in [4.69, 9.17) is 11.6 Å². The number of rotatable bonds is 8. The summed E-state index contributed by atoms with van der Waals surface area (Å²) in [7, 11) is 0. The lowest BCUT2D eigenvalue weighted by molar-refractivity contribution is 0.0988. The average Bonchev–Trinajstić information content (AvgIpc) is 3.43. The molecule has 2 N–H and O–H groups in total. The Balaban J connectivity index is 1.38. The van der Waals surface area contributed by atoms with E-state index in [-0.39, 0.29) is 10.8 Å². The highest BCUT2D eigenvalue weighted by atomic mass is 35.5. The van der Waals surface area contributed by atoms with Gasteiger partial charge in [-0.3, -0.25) is 9.78 Å². The van der Waals surface area contributed by atoms with Gasteiger partial charge >= 0.3 is 0 Å². The Morgan fingerprint density at radius 1 is 1.11 bits per heavy atom. The molecule has 1 aliphatic heterocycles. The van der Waals surface area contributed by atoms with Gasteiger partial charge in [-0.05, 0) is 98.8 Å². The van der Waals surface area contributed by atoms with Crippen molar-refractivity contribution in [2.45, 2.75) is 51.9 Å². The van der Waals surface area contributed by atoms with E-state index in [1.807, 2.05) is 25.1 Å². The summed E-state index contributed by atoms with van der Waals surface area (Å²) in [6.07, 6.45) is 9.66. The molecule has 2 fully saturated rings. The van der Waals surface area contributed by atoms with Crippen LogP contribution in [0.3, 0.4) is 0 Å². The predicted molar refractivity (Wildman–Crippen MR) is 148 cm³/mol. The van der Waals surface area contributed by atoms with Crippen LogP contribution in [0.25, 0.3) is 22.0 Å². The number of nitrogens with zero attached hydrogens (tertiary/aromatic N) is 2. The van der Waals surface area contributed by atoms with Crippen molar-refractivity contribution in [2.75, 3.05) is 31.5 Å². The van der Waals surface area contributed by atoms with E-state index in [1.54, 1.807) is 12.3 Å². The van der Waals surface area contributed by atoms with Gasteiger partial charge < -0.3 is 15.3 Å². The van der Waals surface area contributed by atoms with Gasteiger partial charge in [0.15, 0.2) is 17.3 Å². The van der Waals surface area contributed by atoms with Gasteiger partial charge in [-0.15, -0.1) is 0 Å². The molecule has 0 bridgehead atoms. The number of halogens is 2. The molecular formula is C30H35ClFN3O2. The third-order valence-corrected chi connectivity index (χ3v) is 8.38. The number of anilines is 1. The standard InChI is InChI=1S/C30H35ClFN3O2/c1-2-28(36)24-17-33-27-10-9-21(22-14-25(31)30(37)26(32)15-22)13-23(27)29(24)34-16-19-5-7-20(8-6-19)18-35-11-3-4-12-35/h9-10,13-15,17,19-20,37H,2-8,11-12,16,18H2,1H3,(H,33,34). The number of carbonyl (C=O) groups is 1. The molecule has 0 unspecified atom stereocenters. The summed E-state index contributed by atoms with van der Waals surface area (Å²) in [5.41, 5.74) is 3.44. The van der Waals surface area contributed by atoms with E-state index in [0.29, 0.717) is 23.5 Å². The summed E-state index contributed by atoms with van der Waals surface area (Å²) in [5, 5.41) is 14.1. The number of fused-ring (bicyclic) bond motifs is 1. The van der Waals surface area contributed by atoms with Crippen LogP contribution in [0.1, 0.15) is 62.2 Å². The summed E-state index contributed by atoms with van der Waals surface area (Å²) in [5.74, 6) is 0.0788. The van der Waals surface area contributed by atoms with Crippen molar-refractivity contribution in [3.8, 4) is 16.9 Å². The van der Waals surface area contributed by atoms with Crippen LogP contribution in [0, 0.1) is 17.7 Å². The minimum Gasteiger partial charge on any atom is -0.504 e. The number of benzene rings is 2. The lowest BCUT2D eigenvalue weighted by atomic mass is 9.81. The first-order valence-electron chi connectivity index (χ1n) is 13.5. The molecule has 5 rings (SSSR count). The van der Waals surface area contributed by atoms with Gasteiger partial charge in [-0.1, -0.05) is 24.6 Å². The lowest BCUT2D eigenvalue weighted by Gasteiger charge is -2.31. The van der Waals surface area contributed by atoms with Crippen LogP contribution in [0.15, 0.2) is 36.5 Å². The minimum atomic E-state index is -0.769. The van der Waals surface area contributed by atoms with Gasteiger partial charge in [-0.25, -0.2) is 4.39 Å². The molecular weight excluding hydrogens is 489 g/mol. The van der Waals surface area contributed by atoms with Crippen molar-refractivity contribution >= 4 is 34.0 Å². The minimum absolute atomic E-state index is 0.0374. The molecule has 196 valence electrons. The van der Waals surface area contributed by atoms with E-state index in [1.165, 1.54) is 64.2 Å². The number of ketones is 1. The van der Waals surface area contributed by atoms with Crippen LogP contribution in [0.4, 0.5) is 10.1 Å². The molecule has 7 heteroatoms. The fraction of sp³-hybridized carbons (Fsp3) is 0.467. The second kappa shape index (κ2) is 11.4. The van der Waals surface area contributed by atoms with Crippen LogP contribution in [0.2, 0.25) is 5.02 Å². The molecule has 1 aliphatic carbocycles. The SMILES string of the molecule is CCC(=O)c1cnc2ccc(-c3cc(F)c(O)c(Cl)c3)cc2c1NCC1CCC(CN2CCCC2)CC1. The molecule has 0 radical (unpaired) electrons. The zero-order valence-electron chi connectivity index (χ0n) is 21.4. The number of likely N-dealkylation sites (tertiary alicyclic amines) is 1. The van der Waals surface area contributed by atoms with Gasteiger partial charge in [0, 0.05) is 31.1 Å². The van der Waals surface area contributed by atoms with Crippen molar-refractivity contribution in [3.63, 3.8) is 0 Å². The fourth-order valence-electron chi connectivity index (χ4n) is 5.89. The van der Waals surface area contributed by atoms with Crippen molar-refractivity contribution in [3.05, 3.63) is 52.9 Å². The van der Waals surface area contributed by atoms with Crippen molar-refractivity contribution in [1.82, 2.24) is 9.88 Å². The number of aromatic nitrogens is 1. The van der Waals surface area contributed by atoms with Crippen molar-refractivity contribution in [1.29, 1.82) is 0 Å². The van der Waals surface area contributed by atoms with E-state index in [9.17, 15) is 14.3 Å². The zero-order valence-corrected chi connectivity index (χ0v) is 22.2. The van der Waals surface area contributed by atoms with Crippen molar-refractivity contribution < 1.29 is 14.3 Å². The van der Waals surface area contributed by atoms with Crippen LogP contribution in [0.5, 0.6) is 5.75 Å². The number of nitrogens with one attached hydrogen (secondary N) is 1. The third kappa shape index (κ3) is 5.75. The van der Waals surface area contributed by atoms with Gasteiger partial charge in [-0.2, -0.15) is 0 Å². The summed E-state index contributed by atoms with van der Waals surface area (Å²) >= 11 is 6.04. The maximum absolute atomic E-state index is 14.2. The van der Waals surface area contributed by atoms with E-state index in [0.717, 1.165) is 34.6 Å². The first kappa shape index (κ1) is 25.9. The Hall–Kier alpha value is -2.70. The highest BCUT2D eigenvalue weighted by molar-refractivity contribution is 6.32. The highest BCUT2D eigenvalue weighted by Crippen LogP contribution is 2.36. The summed E-state index contributed by atoms with van der Waals surface area (Å²) in [6, 6.07) is 8.46. The molecule has 2 aromatic carbocycles. The smallest absolute Gasteiger partial charge is 0.170 e. The second-order valence-corrected chi connectivity index (χ2v) is 11.0. The monoisotopic (exact) mass is 523 g/mol. The Labute approximate surface area is 223 Å². The third-order valence-electron chi connectivity index (χ3n) is 8.09. The highest BCUT2D eigenvalue weighted by Gasteiger charge is 2.25. The molecule has 1 saturated heterocycles. The van der Waals surface area contributed by atoms with Crippen molar-refractivity contribution in [2.24, 2.45) is 11.8 Å². The normalized spacial score (nSPS) is 20.4. The molecule has 5 nitrogen and oxygen atoms in total. The first-order valence-corrected chi connectivity index (χ1v) is 13.9. The molecule has 1 saturated carbocycles. The number of hydrogen-bond acceptors (Lipinski definition) is 5. The number of pyridine rings is 1. The lowest BCUT2D eigenvalue weighted by Crippen LogP contribution is -2.30. The van der Waals surface area contributed by atoms with Gasteiger partial charge in [0.05, 0.1) is 21.8 Å². The number of Topliss-reactive ketones (excluding diaryl/α,β-unsaturated/α-hetero) is 1. The summed E-state index contributed by atoms with van der Waals surface area (Å²) < 4.78 is 14.2. The molecule has 0 spiro atoms. The average molecular weight is 524 g/mol.